The van der Waals surface area contributed by atoms with E-state index in [0.717, 1.165) is 13.0 Å². The minimum absolute atomic E-state index is 0.161. The lowest BCUT2D eigenvalue weighted by molar-refractivity contribution is 0.344. The van der Waals surface area contributed by atoms with Crippen LogP contribution in [0.15, 0.2) is 12.7 Å². The molecule has 14 heavy (non-hydrogen) atoms. The largest absolute Gasteiger partial charge is 0.310 e. The molecule has 0 saturated carbocycles. The summed E-state index contributed by atoms with van der Waals surface area (Å²) in [5.41, 5.74) is 0.161. The van der Waals surface area contributed by atoms with E-state index >= 15 is 0 Å². The summed E-state index contributed by atoms with van der Waals surface area (Å²) < 4.78 is 1.92. The third kappa shape index (κ3) is 3.46. The van der Waals surface area contributed by atoms with Crippen LogP contribution in [0.3, 0.4) is 0 Å². The summed E-state index contributed by atoms with van der Waals surface area (Å²) in [6, 6.07) is 0.400. The lowest BCUT2D eigenvalue weighted by Crippen LogP contribution is -2.39. The summed E-state index contributed by atoms with van der Waals surface area (Å²) in [6.45, 7) is 9.60. The van der Waals surface area contributed by atoms with Crippen molar-refractivity contribution in [3.63, 3.8) is 0 Å². The lowest BCUT2D eigenvalue weighted by atomic mass is 10.1. The molecule has 1 unspecified atom stereocenters. The molecule has 0 aliphatic carbocycles. The van der Waals surface area contributed by atoms with E-state index in [4.69, 9.17) is 0 Å². The van der Waals surface area contributed by atoms with Crippen molar-refractivity contribution >= 4 is 0 Å². The average molecular weight is 196 g/mol. The molecule has 80 valence electrons. The summed E-state index contributed by atoms with van der Waals surface area (Å²) in [4.78, 5) is 3.96. The van der Waals surface area contributed by atoms with Crippen molar-refractivity contribution in [2.75, 3.05) is 6.54 Å². The molecule has 1 aromatic rings. The normalized spacial score (nSPS) is 14.3. The molecule has 0 aliphatic heterocycles. The van der Waals surface area contributed by atoms with Crippen LogP contribution in [-0.4, -0.2) is 26.8 Å². The van der Waals surface area contributed by atoms with Crippen molar-refractivity contribution in [3.8, 4) is 0 Å². The molecule has 0 aromatic carbocycles. The Morgan fingerprint density at radius 3 is 2.57 bits per heavy atom. The average Bonchev–Trinajstić information content (AvgIpc) is 2.56. The Morgan fingerprint density at radius 1 is 1.43 bits per heavy atom. The Hall–Kier alpha value is -0.900. The van der Waals surface area contributed by atoms with Gasteiger partial charge in [-0.05, 0) is 27.2 Å². The van der Waals surface area contributed by atoms with Crippen LogP contribution in [0.5, 0.6) is 0 Å². The van der Waals surface area contributed by atoms with Gasteiger partial charge in [0.05, 0.1) is 6.04 Å². The van der Waals surface area contributed by atoms with Gasteiger partial charge in [0.15, 0.2) is 0 Å². The highest BCUT2D eigenvalue weighted by Crippen LogP contribution is 2.09. The van der Waals surface area contributed by atoms with Crippen molar-refractivity contribution in [1.82, 2.24) is 20.1 Å². The van der Waals surface area contributed by atoms with Gasteiger partial charge in [-0.3, -0.25) is 0 Å². The molecule has 1 atom stereocenters. The smallest absolute Gasteiger partial charge is 0.137 e. The molecule has 0 radical (unpaired) electrons. The van der Waals surface area contributed by atoms with Crippen molar-refractivity contribution in [1.29, 1.82) is 0 Å². The Morgan fingerprint density at radius 2 is 2.14 bits per heavy atom. The number of rotatable bonds is 4. The molecule has 1 heterocycles. The second-order valence-electron chi connectivity index (χ2n) is 4.57. The monoisotopic (exact) mass is 196 g/mol. The highest BCUT2D eigenvalue weighted by atomic mass is 15.3. The molecule has 1 rings (SSSR count). The van der Waals surface area contributed by atoms with Crippen LogP contribution >= 0.6 is 0 Å². The predicted octanol–water partition coefficient (Wildman–Crippen LogP) is 1.62. The van der Waals surface area contributed by atoms with Crippen LogP contribution in [0.2, 0.25) is 0 Å². The first-order valence-corrected chi connectivity index (χ1v) is 5.12. The van der Waals surface area contributed by atoms with Gasteiger partial charge in [-0.1, -0.05) is 6.92 Å². The maximum Gasteiger partial charge on any atom is 0.137 e. The maximum absolute atomic E-state index is 4.15. The Labute approximate surface area is 85.7 Å². The molecule has 0 spiro atoms. The zero-order chi connectivity index (χ0) is 10.6. The fourth-order valence-electron chi connectivity index (χ4n) is 1.25. The van der Waals surface area contributed by atoms with Crippen molar-refractivity contribution in [2.45, 2.75) is 45.7 Å². The lowest BCUT2D eigenvalue weighted by Gasteiger charge is -2.24. The van der Waals surface area contributed by atoms with Crippen molar-refractivity contribution in [2.24, 2.45) is 0 Å². The van der Waals surface area contributed by atoms with E-state index in [1.807, 2.05) is 4.68 Å². The van der Waals surface area contributed by atoms with E-state index in [1.54, 1.807) is 12.7 Å². The molecule has 0 fully saturated rings. The standard InChI is InChI=1S/C10H20N4/c1-5-9(6-12-10(2,3)4)14-8-11-7-13-14/h7-9,12H,5-6H2,1-4H3. The molecule has 0 bridgehead atoms. The molecule has 0 saturated heterocycles. The van der Waals surface area contributed by atoms with Gasteiger partial charge >= 0.3 is 0 Å². The van der Waals surface area contributed by atoms with Gasteiger partial charge in [0.2, 0.25) is 0 Å². The third-order valence-electron chi connectivity index (χ3n) is 2.15. The molecule has 1 aromatic heterocycles. The molecule has 4 heteroatoms. The summed E-state index contributed by atoms with van der Waals surface area (Å²) >= 11 is 0. The van der Waals surface area contributed by atoms with Crippen LogP contribution in [0.4, 0.5) is 0 Å². The highest BCUT2D eigenvalue weighted by Gasteiger charge is 2.14. The number of aromatic nitrogens is 3. The van der Waals surface area contributed by atoms with Gasteiger partial charge in [-0.15, -0.1) is 0 Å². The Kier molecular flexibility index (Phi) is 3.63. The highest BCUT2D eigenvalue weighted by molar-refractivity contribution is 4.76. The summed E-state index contributed by atoms with van der Waals surface area (Å²) in [5.74, 6) is 0. The Balaban J connectivity index is 2.49. The minimum atomic E-state index is 0.161. The second kappa shape index (κ2) is 4.55. The molecular formula is C10H20N4. The van der Waals surface area contributed by atoms with Crippen LogP contribution < -0.4 is 5.32 Å². The first kappa shape index (κ1) is 11.2. The van der Waals surface area contributed by atoms with E-state index < -0.39 is 0 Å². The summed E-state index contributed by atoms with van der Waals surface area (Å²) in [5, 5.41) is 7.63. The van der Waals surface area contributed by atoms with Crippen molar-refractivity contribution in [3.05, 3.63) is 12.7 Å². The minimum Gasteiger partial charge on any atom is -0.310 e. The summed E-state index contributed by atoms with van der Waals surface area (Å²) in [6.07, 6.45) is 4.42. The van der Waals surface area contributed by atoms with Gasteiger partial charge in [-0.2, -0.15) is 5.10 Å². The zero-order valence-corrected chi connectivity index (χ0v) is 9.49. The van der Waals surface area contributed by atoms with Gasteiger partial charge in [0, 0.05) is 12.1 Å². The predicted molar refractivity (Wildman–Crippen MR) is 57.1 cm³/mol. The van der Waals surface area contributed by atoms with Crippen molar-refractivity contribution < 1.29 is 0 Å². The fraction of sp³-hybridized carbons (Fsp3) is 0.800. The SMILES string of the molecule is CCC(CNC(C)(C)C)n1cncn1. The maximum atomic E-state index is 4.15. The molecule has 4 nitrogen and oxygen atoms in total. The number of nitrogens with zero attached hydrogens (tertiary/aromatic N) is 3. The van der Waals surface area contributed by atoms with E-state index in [0.29, 0.717) is 6.04 Å². The Bertz CT molecular complexity index is 248. The van der Waals surface area contributed by atoms with Crippen LogP contribution in [0, 0.1) is 0 Å². The van der Waals surface area contributed by atoms with Crippen LogP contribution in [0.1, 0.15) is 40.2 Å². The van der Waals surface area contributed by atoms with Crippen LogP contribution in [0.25, 0.3) is 0 Å². The van der Waals surface area contributed by atoms with E-state index in [9.17, 15) is 0 Å². The van der Waals surface area contributed by atoms with Gasteiger partial charge in [-0.25, -0.2) is 9.67 Å². The first-order valence-electron chi connectivity index (χ1n) is 5.12. The quantitative estimate of drug-likeness (QED) is 0.795. The fourth-order valence-corrected chi connectivity index (χ4v) is 1.25. The number of hydrogen-bond donors (Lipinski definition) is 1. The second-order valence-corrected chi connectivity index (χ2v) is 4.57. The molecule has 0 amide bonds. The number of hydrogen-bond acceptors (Lipinski definition) is 3. The van der Waals surface area contributed by atoms with Gasteiger partial charge in [0.25, 0.3) is 0 Å². The molecule has 1 N–H and O–H groups in total. The molecule has 0 aliphatic rings. The van der Waals surface area contributed by atoms with Gasteiger partial charge in [0.1, 0.15) is 12.7 Å². The summed E-state index contributed by atoms with van der Waals surface area (Å²) in [7, 11) is 0. The number of nitrogens with one attached hydrogen (secondary N) is 1. The molecular weight excluding hydrogens is 176 g/mol. The topological polar surface area (TPSA) is 42.7 Å². The zero-order valence-electron chi connectivity index (χ0n) is 9.49. The van der Waals surface area contributed by atoms with Gasteiger partial charge < -0.3 is 5.32 Å². The van der Waals surface area contributed by atoms with E-state index in [2.05, 4.69) is 43.1 Å². The third-order valence-corrected chi connectivity index (χ3v) is 2.15. The van der Waals surface area contributed by atoms with E-state index in [-0.39, 0.29) is 5.54 Å². The van der Waals surface area contributed by atoms with Crippen LogP contribution in [-0.2, 0) is 0 Å². The first-order chi connectivity index (χ1) is 6.53. The van der Waals surface area contributed by atoms with E-state index in [1.165, 1.54) is 0 Å².